The molecule has 0 heterocycles. The molecule has 0 amide bonds. The Morgan fingerprint density at radius 2 is 1.52 bits per heavy atom. The van der Waals surface area contributed by atoms with Gasteiger partial charge in [0.25, 0.3) is 0 Å². The molecule has 31 heavy (non-hydrogen) atoms. The van der Waals surface area contributed by atoms with Crippen LogP contribution in [0.3, 0.4) is 0 Å². The van der Waals surface area contributed by atoms with E-state index in [1.54, 1.807) is 19.2 Å². The predicted octanol–water partition coefficient (Wildman–Crippen LogP) is 4.38. The smallest absolute Gasteiger partial charge is 0.336 e. The van der Waals surface area contributed by atoms with Crippen molar-refractivity contribution in [1.29, 1.82) is 0 Å². The van der Waals surface area contributed by atoms with Gasteiger partial charge in [-0.15, -0.1) is 0 Å². The molecular weight excluding hydrogens is 394 g/mol. The molecule has 0 radical (unpaired) electrons. The molecule has 2 aromatic rings. The summed E-state index contributed by atoms with van der Waals surface area (Å²) < 4.78 is 15.5. The Hall–Kier alpha value is -3.54. The number of nitrogens with one attached hydrogen (secondary N) is 1. The van der Waals surface area contributed by atoms with E-state index in [1.165, 1.54) is 14.2 Å². The van der Waals surface area contributed by atoms with Crippen molar-refractivity contribution in [1.82, 2.24) is 0 Å². The average Bonchev–Trinajstić information content (AvgIpc) is 2.79. The minimum absolute atomic E-state index is 0.370. The zero-order chi connectivity index (χ0) is 22.5. The zero-order valence-electron chi connectivity index (χ0n) is 18.4. The van der Waals surface area contributed by atoms with Crippen LogP contribution in [-0.2, 0) is 19.1 Å². The Balaban J connectivity index is 2.18. The van der Waals surface area contributed by atoms with Crippen LogP contribution < -0.4 is 10.1 Å². The molecule has 2 aromatic carbocycles. The molecule has 3 rings (SSSR count). The Labute approximate surface area is 182 Å². The van der Waals surface area contributed by atoms with E-state index in [-0.39, 0.29) is 0 Å². The van der Waals surface area contributed by atoms with Crippen molar-refractivity contribution in [3.63, 3.8) is 0 Å². The molecule has 0 aromatic heterocycles. The maximum Gasteiger partial charge on any atom is 0.336 e. The molecule has 0 bridgehead atoms. The lowest BCUT2D eigenvalue weighted by Gasteiger charge is -2.33. The molecule has 2 atom stereocenters. The highest BCUT2D eigenvalue weighted by Crippen LogP contribution is 2.43. The molecule has 1 aliphatic carbocycles. The van der Waals surface area contributed by atoms with Crippen LogP contribution in [-0.4, -0.2) is 33.3 Å². The van der Waals surface area contributed by atoms with Gasteiger partial charge in [0.05, 0.1) is 32.8 Å². The Bertz CT molecular complexity index is 1020. The summed E-state index contributed by atoms with van der Waals surface area (Å²) in [6.07, 6.45) is 1.81. The van der Waals surface area contributed by atoms with Crippen LogP contribution in [0.4, 0.5) is 5.69 Å². The second-order valence-electron chi connectivity index (χ2n) is 7.45. The van der Waals surface area contributed by atoms with Crippen LogP contribution in [0.1, 0.15) is 24.0 Å². The van der Waals surface area contributed by atoms with Crippen molar-refractivity contribution in [2.75, 3.05) is 26.6 Å². The monoisotopic (exact) mass is 421 g/mol. The van der Waals surface area contributed by atoms with Crippen LogP contribution in [0.2, 0.25) is 0 Å². The van der Waals surface area contributed by atoms with Gasteiger partial charge in [-0.2, -0.15) is 0 Å². The molecule has 162 valence electrons. The summed E-state index contributed by atoms with van der Waals surface area (Å²) in [6, 6.07) is 15.2. The molecule has 0 saturated carbocycles. The third kappa shape index (κ3) is 4.63. The molecule has 1 N–H and O–H groups in total. The molecule has 0 unspecified atom stereocenters. The largest absolute Gasteiger partial charge is 0.497 e. The summed E-state index contributed by atoms with van der Waals surface area (Å²) in [5, 5.41) is 3.33. The van der Waals surface area contributed by atoms with Gasteiger partial charge in [0.1, 0.15) is 5.75 Å². The van der Waals surface area contributed by atoms with Crippen molar-refractivity contribution >= 4 is 17.6 Å². The molecule has 0 spiro atoms. The lowest BCUT2D eigenvalue weighted by Crippen LogP contribution is -2.33. The second kappa shape index (κ2) is 9.51. The van der Waals surface area contributed by atoms with E-state index < -0.39 is 23.8 Å². The maximum absolute atomic E-state index is 13.0. The predicted molar refractivity (Wildman–Crippen MR) is 119 cm³/mol. The van der Waals surface area contributed by atoms with E-state index in [1.807, 2.05) is 56.3 Å². The van der Waals surface area contributed by atoms with E-state index in [2.05, 4.69) is 5.32 Å². The zero-order valence-corrected chi connectivity index (χ0v) is 18.4. The first-order valence-corrected chi connectivity index (χ1v) is 9.95. The summed E-state index contributed by atoms with van der Waals surface area (Å²) in [5.41, 5.74) is 4.49. The van der Waals surface area contributed by atoms with Gasteiger partial charge in [-0.3, -0.25) is 4.79 Å². The number of rotatable bonds is 6. The highest BCUT2D eigenvalue weighted by molar-refractivity contribution is 5.95. The SMILES string of the molecule is COC(=O)C1=C(Nc2ccc(C)cc2)C=C(C)[C@H](C(=O)OC)[C@@H]1c1ccc(OC)cc1. The van der Waals surface area contributed by atoms with Crippen molar-refractivity contribution in [3.8, 4) is 5.75 Å². The van der Waals surface area contributed by atoms with Gasteiger partial charge in [0.15, 0.2) is 0 Å². The third-order valence-electron chi connectivity index (χ3n) is 5.46. The van der Waals surface area contributed by atoms with Crippen molar-refractivity contribution in [2.45, 2.75) is 19.8 Å². The van der Waals surface area contributed by atoms with Gasteiger partial charge in [0, 0.05) is 17.3 Å². The third-order valence-corrected chi connectivity index (χ3v) is 5.46. The van der Waals surface area contributed by atoms with Gasteiger partial charge in [-0.25, -0.2) is 4.79 Å². The summed E-state index contributed by atoms with van der Waals surface area (Å²) in [4.78, 5) is 25.7. The number of ether oxygens (including phenoxy) is 3. The summed E-state index contributed by atoms with van der Waals surface area (Å²) in [6.45, 7) is 3.87. The molecular formula is C25H27NO5. The van der Waals surface area contributed by atoms with E-state index in [0.29, 0.717) is 17.0 Å². The minimum Gasteiger partial charge on any atom is -0.497 e. The van der Waals surface area contributed by atoms with Gasteiger partial charge in [-0.1, -0.05) is 35.4 Å². The van der Waals surface area contributed by atoms with Crippen LogP contribution in [0.25, 0.3) is 0 Å². The van der Waals surface area contributed by atoms with Gasteiger partial charge < -0.3 is 19.5 Å². The Morgan fingerprint density at radius 1 is 0.871 bits per heavy atom. The maximum atomic E-state index is 13.0. The number of hydrogen-bond donors (Lipinski definition) is 1. The van der Waals surface area contributed by atoms with E-state index in [4.69, 9.17) is 14.2 Å². The summed E-state index contributed by atoms with van der Waals surface area (Å²) >= 11 is 0. The van der Waals surface area contributed by atoms with E-state index in [9.17, 15) is 9.59 Å². The van der Waals surface area contributed by atoms with Crippen molar-refractivity contribution < 1.29 is 23.8 Å². The first-order chi connectivity index (χ1) is 14.9. The van der Waals surface area contributed by atoms with Crippen LogP contribution >= 0.6 is 0 Å². The second-order valence-corrected chi connectivity index (χ2v) is 7.45. The van der Waals surface area contributed by atoms with Gasteiger partial charge in [0.2, 0.25) is 0 Å². The van der Waals surface area contributed by atoms with E-state index in [0.717, 1.165) is 22.4 Å². The Morgan fingerprint density at radius 3 is 2.06 bits per heavy atom. The molecule has 0 saturated heterocycles. The van der Waals surface area contributed by atoms with E-state index >= 15 is 0 Å². The number of methoxy groups -OCH3 is 3. The summed E-state index contributed by atoms with van der Waals surface area (Å²) in [7, 11) is 4.27. The van der Waals surface area contributed by atoms with Crippen LogP contribution in [0.15, 0.2) is 71.5 Å². The topological polar surface area (TPSA) is 73.9 Å². The number of anilines is 1. The number of benzene rings is 2. The highest BCUT2D eigenvalue weighted by atomic mass is 16.5. The molecule has 6 nitrogen and oxygen atoms in total. The normalized spacial score (nSPS) is 18.2. The first-order valence-electron chi connectivity index (χ1n) is 9.95. The fourth-order valence-electron chi connectivity index (χ4n) is 3.85. The standard InChI is InChI=1S/C25H27NO5/c1-15-6-10-18(11-7-15)26-20-14-16(2)21(24(27)30-4)22(23(20)25(28)31-5)17-8-12-19(29-3)13-9-17/h6-14,21-22,26H,1-5H3/t21-,22-/m0/s1. The molecule has 0 aliphatic heterocycles. The minimum atomic E-state index is -0.656. The number of allylic oxidation sites excluding steroid dienone is 1. The Kier molecular flexibility index (Phi) is 6.80. The number of aryl methyl sites for hydroxylation is 1. The number of carbonyl (C=O) groups excluding carboxylic acids is 2. The first kappa shape index (κ1) is 22.2. The van der Waals surface area contributed by atoms with Gasteiger partial charge in [-0.05, 0) is 49.8 Å². The lowest BCUT2D eigenvalue weighted by molar-refractivity contribution is -0.144. The number of hydrogen-bond acceptors (Lipinski definition) is 6. The fourth-order valence-corrected chi connectivity index (χ4v) is 3.85. The average molecular weight is 421 g/mol. The molecule has 1 aliphatic rings. The fraction of sp³-hybridized carbons (Fsp3) is 0.280. The summed E-state index contributed by atoms with van der Waals surface area (Å²) in [5.74, 6) is -1.47. The number of esters is 2. The molecule has 6 heteroatoms. The van der Waals surface area contributed by atoms with Gasteiger partial charge >= 0.3 is 11.9 Å². The van der Waals surface area contributed by atoms with Crippen LogP contribution in [0, 0.1) is 12.8 Å². The highest BCUT2D eigenvalue weighted by Gasteiger charge is 2.41. The molecule has 0 fully saturated rings. The van der Waals surface area contributed by atoms with Crippen LogP contribution in [0.5, 0.6) is 5.75 Å². The number of carbonyl (C=O) groups is 2. The van der Waals surface area contributed by atoms with Crippen molar-refractivity contribution in [2.24, 2.45) is 5.92 Å². The lowest BCUT2D eigenvalue weighted by atomic mass is 9.72. The quantitative estimate of drug-likeness (QED) is 0.698. The van der Waals surface area contributed by atoms with Crippen molar-refractivity contribution in [3.05, 3.63) is 82.6 Å².